The molecule has 94 valence electrons. The summed E-state index contributed by atoms with van der Waals surface area (Å²) in [6.07, 6.45) is 0.627. The van der Waals surface area contributed by atoms with Gasteiger partial charge in [0.25, 0.3) is 5.56 Å². The van der Waals surface area contributed by atoms with Crippen molar-refractivity contribution in [2.45, 2.75) is 13.3 Å². The molecule has 1 heterocycles. The van der Waals surface area contributed by atoms with Crippen LogP contribution in [0.5, 0.6) is 11.6 Å². The lowest BCUT2D eigenvalue weighted by Crippen LogP contribution is -2.10. The van der Waals surface area contributed by atoms with E-state index < -0.39 is 0 Å². The number of nitrogens with two attached hydrogens (primary N) is 1. The zero-order valence-corrected chi connectivity index (χ0v) is 11.3. The van der Waals surface area contributed by atoms with Crippen LogP contribution in [0.2, 0.25) is 0 Å². The van der Waals surface area contributed by atoms with Gasteiger partial charge in [-0.05, 0) is 18.2 Å². The van der Waals surface area contributed by atoms with E-state index in [4.69, 9.17) is 10.5 Å². The van der Waals surface area contributed by atoms with Gasteiger partial charge in [0.2, 0.25) is 5.88 Å². The Bertz CT molecular complexity index is 625. The van der Waals surface area contributed by atoms with Crippen molar-refractivity contribution in [3.63, 3.8) is 0 Å². The molecule has 5 nitrogen and oxygen atoms in total. The molecule has 18 heavy (non-hydrogen) atoms. The summed E-state index contributed by atoms with van der Waals surface area (Å²) >= 11 is 3.31. The number of nitrogen functional groups attached to an aromatic ring is 1. The maximum Gasteiger partial charge on any atom is 0.254 e. The van der Waals surface area contributed by atoms with Gasteiger partial charge in [-0.3, -0.25) is 4.79 Å². The summed E-state index contributed by atoms with van der Waals surface area (Å²) in [6, 6.07) is 6.54. The molecule has 3 N–H and O–H groups in total. The van der Waals surface area contributed by atoms with Crippen LogP contribution >= 0.6 is 15.9 Å². The van der Waals surface area contributed by atoms with Crippen LogP contribution in [0.3, 0.4) is 0 Å². The second-order valence-electron chi connectivity index (χ2n) is 3.67. The van der Waals surface area contributed by atoms with Gasteiger partial charge in [0.05, 0.1) is 11.8 Å². The predicted molar refractivity (Wildman–Crippen MR) is 72.9 cm³/mol. The zero-order chi connectivity index (χ0) is 13.1. The van der Waals surface area contributed by atoms with Gasteiger partial charge in [0.1, 0.15) is 5.82 Å². The SMILES string of the molecule is CCc1nc(Oc2ccc(Br)cc2N)cc(=O)[nH]1. The van der Waals surface area contributed by atoms with Crippen LogP contribution in [0.4, 0.5) is 5.69 Å². The Morgan fingerprint density at radius 3 is 2.89 bits per heavy atom. The van der Waals surface area contributed by atoms with Crippen molar-refractivity contribution in [3.05, 3.63) is 44.9 Å². The van der Waals surface area contributed by atoms with E-state index in [1.165, 1.54) is 6.07 Å². The number of aromatic amines is 1. The summed E-state index contributed by atoms with van der Waals surface area (Å²) in [6.45, 7) is 1.90. The average molecular weight is 310 g/mol. The van der Waals surface area contributed by atoms with E-state index in [1.807, 2.05) is 6.92 Å². The second-order valence-corrected chi connectivity index (χ2v) is 4.58. The summed E-state index contributed by atoms with van der Waals surface area (Å²) in [5.74, 6) is 1.29. The first kappa shape index (κ1) is 12.6. The Balaban J connectivity index is 2.33. The lowest BCUT2D eigenvalue weighted by Gasteiger charge is -2.08. The Morgan fingerprint density at radius 1 is 1.44 bits per heavy atom. The first-order chi connectivity index (χ1) is 8.58. The fourth-order valence-corrected chi connectivity index (χ4v) is 1.81. The van der Waals surface area contributed by atoms with Gasteiger partial charge in [0, 0.05) is 10.9 Å². The third-order valence-electron chi connectivity index (χ3n) is 2.29. The fourth-order valence-electron chi connectivity index (χ4n) is 1.43. The van der Waals surface area contributed by atoms with Crippen LogP contribution in [0, 0.1) is 0 Å². The lowest BCUT2D eigenvalue weighted by atomic mass is 10.3. The molecule has 2 aromatic rings. The van der Waals surface area contributed by atoms with Crippen molar-refractivity contribution in [2.75, 3.05) is 5.73 Å². The molecule has 0 atom stereocenters. The number of ether oxygens (including phenoxy) is 1. The molecule has 1 aromatic carbocycles. The highest BCUT2D eigenvalue weighted by molar-refractivity contribution is 9.10. The Hall–Kier alpha value is -1.82. The van der Waals surface area contributed by atoms with Crippen LogP contribution in [0.15, 0.2) is 33.5 Å². The molecule has 0 bridgehead atoms. The lowest BCUT2D eigenvalue weighted by molar-refractivity contribution is 0.460. The van der Waals surface area contributed by atoms with Crippen molar-refractivity contribution in [1.29, 1.82) is 0 Å². The van der Waals surface area contributed by atoms with E-state index in [1.54, 1.807) is 18.2 Å². The summed E-state index contributed by atoms with van der Waals surface area (Å²) in [5, 5.41) is 0. The molecule has 0 unspecified atom stereocenters. The number of rotatable bonds is 3. The van der Waals surface area contributed by atoms with Gasteiger partial charge >= 0.3 is 0 Å². The standard InChI is InChI=1S/C12H12BrN3O2/c1-2-10-15-11(17)6-12(16-10)18-9-4-3-7(13)5-8(9)14/h3-6H,2,14H2,1H3,(H,15,16,17). The van der Waals surface area contributed by atoms with E-state index in [-0.39, 0.29) is 11.4 Å². The monoisotopic (exact) mass is 309 g/mol. The highest BCUT2D eigenvalue weighted by Crippen LogP contribution is 2.28. The average Bonchev–Trinajstić information content (AvgIpc) is 2.32. The number of H-pyrrole nitrogens is 1. The molecule has 0 radical (unpaired) electrons. The molecule has 6 heteroatoms. The number of benzene rings is 1. The van der Waals surface area contributed by atoms with Crippen molar-refractivity contribution in [1.82, 2.24) is 9.97 Å². The van der Waals surface area contributed by atoms with Crippen LogP contribution in [-0.2, 0) is 6.42 Å². The smallest absolute Gasteiger partial charge is 0.254 e. The van der Waals surface area contributed by atoms with Gasteiger partial charge in [-0.1, -0.05) is 22.9 Å². The number of nitrogens with one attached hydrogen (secondary N) is 1. The number of hydrogen-bond acceptors (Lipinski definition) is 4. The minimum absolute atomic E-state index is 0.240. The van der Waals surface area contributed by atoms with E-state index in [2.05, 4.69) is 25.9 Å². The maximum atomic E-state index is 11.4. The first-order valence-electron chi connectivity index (χ1n) is 5.41. The highest BCUT2D eigenvalue weighted by Gasteiger charge is 2.06. The van der Waals surface area contributed by atoms with Crippen molar-refractivity contribution in [2.24, 2.45) is 0 Å². The number of halogens is 1. The van der Waals surface area contributed by atoms with Gasteiger partial charge in [-0.25, -0.2) is 0 Å². The molecule has 1 aromatic heterocycles. The largest absolute Gasteiger partial charge is 0.437 e. The second kappa shape index (κ2) is 5.22. The molecule has 0 aliphatic carbocycles. The van der Waals surface area contributed by atoms with Gasteiger partial charge in [-0.2, -0.15) is 4.98 Å². The Labute approximate surface area is 112 Å². The predicted octanol–water partition coefficient (Wildman–Crippen LogP) is 2.47. The number of aromatic nitrogens is 2. The molecular weight excluding hydrogens is 298 g/mol. The van der Waals surface area contributed by atoms with Crippen LogP contribution in [-0.4, -0.2) is 9.97 Å². The summed E-state index contributed by atoms with van der Waals surface area (Å²) in [7, 11) is 0. The van der Waals surface area contributed by atoms with Crippen molar-refractivity contribution >= 4 is 21.6 Å². The Kier molecular flexibility index (Phi) is 3.66. The molecule has 0 aliphatic rings. The molecule has 0 saturated heterocycles. The molecular formula is C12H12BrN3O2. The molecule has 0 spiro atoms. The van der Waals surface area contributed by atoms with E-state index >= 15 is 0 Å². The third kappa shape index (κ3) is 2.89. The van der Waals surface area contributed by atoms with Crippen LogP contribution < -0.4 is 16.0 Å². The normalized spacial score (nSPS) is 10.3. The quantitative estimate of drug-likeness (QED) is 0.853. The van der Waals surface area contributed by atoms with Gasteiger partial charge < -0.3 is 15.5 Å². The van der Waals surface area contributed by atoms with E-state index in [9.17, 15) is 4.79 Å². The number of aryl methyl sites for hydroxylation is 1. The topological polar surface area (TPSA) is 81.0 Å². The van der Waals surface area contributed by atoms with Crippen molar-refractivity contribution < 1.29 is 4.74 Å². The summed E-state index contributed by atoms with van der Waals surface area (Å²) in [4.78, 5) is 18.2. The van der Waals surface area contributed by atoms with Gasteiger partial charge in [0.15, 0.2) is 5.75 Å². The van der Waals surface area contributed by atoms with E-state index in [0.29, 0.717) is 23.7 Å². The highest BCUT2D eigenvalue weighted by atomic mass is 79.9. The van der Waals surface area contributed by atoms with Crippen LogP contribution in [0.1, 0.15) is 12.7 Å². The van der Waals surface area contributed by atoms with E-state index in [0.717, 1.165) is 4.47 Å². The number of anilines is 1. The summed E-state index contributed by atoms with van der Waals surface area (Å²) in [5.41, 5.74) is 6.04. The Morgan fingerprint density at radius 2 is 2.22 bits per heavy atom. The minimum atomic E-state index is -0.243. The van der Waals surface area contributed by atoms with Crippen LogP contribution in [0.25, 0.3) is 0 Å². The summed E-state index contributed by atoms with van der Waals surface area (Å²) < 4.78 is 6.37. The molecule has 0 amide bonds. The molecule has 2 rings (SSSR count). The zero-order valence-electron chi connectivity index (χ0n) is 9.74. The third-order valence-corrected chi connectivity index (χ3v) is 2.78. The first-order valence-corrected chi connectivity index (χ1v) is 6.21. The molecule has 0 saturated carbocycles. The maximum absolute atomic E-state index is 11.4. The molecule has 0 fully saturated rings. The van der Waals surface area contributed by atoms with Crippen molar-refractivity contribution in [3.8, 4) is 11.6 Å². The molecule has 0 aliphatic heterocycles. The van der Waals surface area contributed by atoms with Gasteiger partial charge in [-0.15, -0.1) is 0 Å². The minimum Gasteiger partial charge on any atom is -0.437 e. The number of nitrogens with zero attached hydrogens (tertiary/aromatic N) is 1. The number of hydrogen-bond donors (Lipinski definition) is 2. The fraction of sp³-hybridized carbons (Fsp3) is 0.167.